The average Bonchev–Trinajstić information content (AvgIpc) is 3.35. The van der Waals surface area contributed by atoms with Crippen LogP contribution < -0.4 is 10.6 Å². The standard InChI is InChI=1S/C19H18Cl2N2O2/c1-2-11-5-3-4-6-17(11)23-19(25)16-10-15(16)18(24)22-14-8-12(20)7-13(21)9-14/h3-9,15-16H,2,10H2,1H3,(H,22,24)(H,23,25). The lowest BCUT2D eigenvalue weighted by Gasteiger charge is -2.10. The van der Waals surface area contributed by atoms with E-state index in [1.54, 1.807) is 18.2 Å². The fraction of sp³-hybridized carbons (Fsp3) is 0.263. The molecule has 0 aromatic heterocycles. The predicted octanol–water partition coefficient (Wildman–Crippen LogP) is 4.77. The number of carbonyl (C=O) groups excluding carboxylic acids is 2. The highest BCUT2D eigenvalue weighted by molar-refractivity contribution is 6.35. The lowest BCUT2D eigenvalue weighted by Crippen LogP contribution is -2.21. The van der Waals surface area contributed by atoms with E-state index in [1.165, 1.54) is 0 Å². The van der Waals surface area contributed by atoms with Gasteiger partial charge in [-0.25, -0.2) is 0 Å². The molecular formula is C19H18Cl2N2O2. The molecule has 2 atom stereocenters. The number of para-hydroxylation sites is 1. The van der Waals surface area contributed by atoms with Crippen molar-refractivity contribution in [3.8, 4) is 0 Å². The fourth-order valence-corrected chi connectivity index (χ4v) is 3.34. The summed E-state index contributed by atoms with van der Waals surface area (Å²) in [7, 11) is 0. The van der Waals surface area contributed by atoms with Crippen molar-refractivity contribution in [3.63, 3.8) is 0 Å². The SMILES string of the molecule is CCc1ccccc1NC(=O)C1CC1C(=O)Nc1cc(Cl)cc(Cl)c1. The van der Waals surface area contributed by atoms with Gasteiger partial charge in [-0.1, -0.05) is 48.3 Å². The van der Waals surface area contributed by atoms with E-state index in [4.69, 9.17) is 23.2 Å². The topological polar surface area (TPSA) is 58.2 Å². The summed E-state index contributed by atoms with van der Waals surface area (Å²) in [4.78, 5) is 24.7. The van der Waals surface area contributed by atoms with Gasteiger partial charge in [-0.05, 0) is 42.7 Å². The largest absolute Gasteiger partial charge is 0.326 e. The molecule has 4 nitrogen and oxygen atoms in total. The zero-order valence-electron chi connectivity index (χ0n) is 13.7. The van der Waals surface area contributed by atoms with Crippen LogP contribution in [0.1, 0.15) is 18.9 Å². The van der Waals surface area contributed by atoms with Gasteiger partial charge in [0.05, 0.1) is 11.8 Å². The predicted molar refractivity (Wildman–Crippen MR) is 101 cm³/mol. The monoisotopic (exact) mass is 376 g/mol. The molecular weight excluding hydrogens is 359 g/mol. The van der Waals surface area contributed by atoms with Crippen molar-refractivity contribution >= 4 is 46.4 Å². The van der Waals surface area contributed by atoms with Gasteiger partial charge in [0, 0.05) is 21.4 Å². The molecule has 0 spiro atoms. The summed E-state index contributed by atoms with van der Waals surface area (Å²) in [6.07, 6.45) is 1.38. The lowest BCUT2D eigenvalue weighted by molar-refractivity contribution is -0.122. The minimum atomic E-state index is -0.327. The van der Waals surface area contributed by atoms with Crippen molar-refractivity contribution in [2.75, 3.05) is 10.6 Å². The van der Waals surface area contributed by atoms with Crippen LogP contribution in [0, 0.1) is 11.8 Å². The highest BCUT2D eigenvalue weighted by Crippen LogP contribution is 2.40. The summed E-state index contributed by atoms with van der Waals surface area (Å²) in [6.45, 7) is 2.04. The maximum atomic E-state index is 12.4. The van der Waals surface area contributed by atoms with E-state index in [1.807, 2.05) is 31.2 Å². The van der Waals surface area contributed by atoms with Crippen LogP contribution >= 0.6 is 23.2 Å². The van der Waals surface area contributed by atoms with Gasteiger partial charge in [0.15, 0.2) is 0 Å². The molecule has 1 aliphatic carbocycles. The summed E-state index contributed by atoms with van der Waals surface area (Å²) in [6, 6.07) is 12.5. The van der Waals surface area contributed by atoms with Crippen LogP contribution in [0.3, 0.4) is 0 Å². The summed E-state index contributed by atoms with van der Waals surface area (Å²) in [5.41, 5.74) is 2.42. The van der Waals surface area contributed by atoms with Gasteiger partial charge in [-0.3, -0.25) is 9.59 Å². The second-order valence-corrected chi connectivity index (χ2v) is 6.97. The van der Waals surface area contributed by atoms with E-state index in [2.05, 4.69) is 10.6 Å². The van der Waals surface area contributed by atoms with Crippen molar-refractivity contribution in [2.45, 2.75) is 19.8 Å². The Kier molecular flexibility index (Phi) is 5.30. The molecule has 25 heavy (non-hydrogen) atoms. The Morgan fingerprint density at radius 3 is 2.24 bits per heavy atom. The van der Waals surface area contributed by atoms with Crippen LogP contribution in [0.25, 0.3) is 0 Å². The number of carbonyl (C=O) groups is 2. The van der Waals surface area contributed by atoms with E-state index in [0.717, 1.165) is 17.7 Å². The number of nitrogens with one attached hydrogen (secondary N) is 2. The second-order valence-electron chi connectivity index (χ2n) is 6.10. The third kappa shape index (κ3) is 4.33. The van der Waals surface area contributed by atoms with Crippen molar-refractivity contribution in [3.05, 3.63) is 58.1 Å². The van der Waals surface area contributed by atoms with Crippen molar-refractivity contribution in [2.24, 2.45) is 11.8 Å². The minimum absolute atomic E-state index is 0.120. The third-order valence-electron chi connectivity index (χ3n) is 4.25. The molecule has 2 aromatic carbocycles. The maximum absolute atomic E-state index is 12.4. The molecule has 6 heteroatoms. The Bertz CT molecular complexity index is 803. The summed E-state index contributed by atoms with van der Waals surface area (Å²) in [5.74, 6) is -0.946. The molecule has 0 heterocycles. The third-order valence-corrected chi connectivity index (χ3v) is 4.69. The Morgan fingerprint density at radius 1 is 1.00 bits per heavy atom. The zero-order chi connectivity index (χ0) is 18.0. The highest BCUT2D eigenvalue weighted by Gasteiger charge is 2.48. The van der Waals surface area contributed by atoms with E-state index in [9.17, 15) is 9.59 Å². The van der Waals surface area contributed by atoms with Crippen LogP contribution in [0.2, 0.25) is 10.0 Å². The first-order chi connectivity index (χ1) is 12.0. The fourth-order valence-electron chi connectivity index (χ4n) is 2.81. The molecule has 130 valence electrons. The van der Waals surface area contributed by atoms with Crippen molar-refractivity contribution < 1.29 is 9.59 Å². The molecule has 0 aliphatic heterocycles. The number of benzene rings is 2. The van der Waals surface area contributed by atoms with Crippen LogP contribution in [-0.2, 0) is 16.0 Å². The number of aryl methyl sites for hydroxylation is 1. The summed E-state index contributed by atoms with van der Waals surface area (Å²) in [5, 5.41) is 6.59. The molecule has 2 unspecified atom stereocenters. The molecule has 1 saturated carbocycles. The van der Waals surface area contributed by atoms with Gasteiger partial charge >= 0.3 is 0 Å². The van der Waals surface area contributed by atoms with Gasteiger partial charge in [0.25, 0.3) is 0 Å². The van der Waals surface area contributed by atoms with Gasteiger partial charge in [-0.15, -0.1) is 0 Å². The Hall–Kier alpha value is -2.04. The van der Waals surface area contributed by atoms with Gasteiger partial charge in [-0.2, -0.15) is 0 Å². The Balaban J connectivity index is 1.60. The number of amides is 2. The van der Waals surface area contributed by atoms with Crippen molar-refractivity contribution in [1.82, 2.24) is 0 Å². The number of halogens is 2. The van der Waals surface area contributed by atoms with Crippen LogP contribution in [0.4, 0.5) is 11.4 Å². The first kappa shape index (κ1) is 17.8. The van der Waals surface area contributed by atoms with E-state index in [-0.39, 0.29) is 23.7 Å². The van der Waals surface area contributed by atoms with E-state index >= 15 is 0 Å². The van der Waals surface area contributed by atoms with Crippen LogP contribution in [0.5, 0.6) is 0 Å². The minimum Gasteiger partial charge on any atom is -0.326 e. The van der Waals surface area contributed by atoms with E-state index in [0.29, 0.717) is 22.2 Å². The van der Waals surface area contributed by atoms with Gasteiger partial charge in [0.1, 0.15) is 0 Å². The molecule has 2 amide bonds. The quantitative estimate of drug-likeness (QED) is 0.789. The Morgan fingerprint density at radius 2 is 1.60 bits per heavy atom. The molecule has 0 saturated heterocycles. The smallest absolute Gasteiger partial charge is 0.228 e. The Labute approximate surface area is 156 Å². The molecule has 3 rings (SSSR count). The van der Waals surface area contributed by atoms with Crippen LogP contribution in [0.15, 0.2) is 42.5 Å². The first-order valence-electron chi connectivity index (χ1n) is 8.13. The molecule has 0 radical (unpaired) electrons. The summed E-state index contributed by atoms with van der Waals surface area (Å²) >= 11 is 11.9. The zero-order valence-corrected chi connectivity index (χ0v) is 15.2. The number of hydrogen-bond donors (Lipinski definition) is 2. The van der Waals surface area contributed by atoms with Crippen molar-refractivity contribution in [1.29, 1.82) is 0 Å². The normalized spacial score (nSPS) is 18.5. The summed E-state index contributed by atoms with van der Waals surface area (Å²) < 4.78 is 0. The number of rotatable bonds is 5. The number of hydrogen-bond acceptors (Lipinski definition) is 2. The molecule has 2 aromatic rings. The average molecular weight is 377 g/mol. The second kappa shape index (κ2) is 7.46. The first-order valence-corrected chi connectivity index (χ1v) is 8.89. The van der Waals surface area contributed by atoms with E-state index < -0.39 is 0 Å². The molecule has 0 bridgehead atoms. The maximum Gasteiger partial charge on any atom is 0.228 e. The van der Waals surface area contributed by atoms with Crippen LogP contribution in [-0.4, -0.2) is 11.8 Å². The lowest BCUT2D eigenvalue weighted by atomic mass is 10.1. The molecule has 1 aliphatic rings. The number of anilines is 2. The highest BCUT2D eigenvalue weighted by atomic mass is 35.5. The van der Waals surface area contributed by atoms with Gasteiger partial charge < -0.3 is 10.6 Å². The molecule has 2 N–H and O–H groups in total. The van der Waals surface area contributed by atoms with Gasteiger partial charge in [0.2, 0.25) is 11.8 Å². The molecule has 1 fully saturated rings.